The van der Waals surface area contributed by atoms with Crippen LogP contribution in [0.1, 0.15) is 12.0 Å². The Bertz CT molecular complexity index is 1070. The number of rotatable bonds is 6. The normalized spacial score (nSPS) is 12.3. The van der Waals surface area contributed by atoms with Crippen molar-refractivity contribution in [3.8, 4) is 23.1 Å². The quantitative estimate of drug-likeness (QED) is 0.541. The van der Waals surface area contributed by atoms with E-state index in [1.165, 1.54) is 6.20 Å². The molecular formula is C22H18Cl2N2O4. The van der Waals surface area contributed by atoms with Gasteiger partial charge in [0.2, 0.25) is 11.8 Å². The summed E-state index contributed by atoms with van der Waals surface area (Å²) < 4.78 is 16.9. The van der Waals surface area contributed by atoms with Gasteiger partial charge in [-0.15, -0.1) is 0 Å². The highest BCUT2D eigenvalue weighted by Gasteiger charge is 2.14. The summed E-state index contributed by atoms with van der Waals surface area (Å²) in [5, 5.41) is 3.57. The molecular weight excluding hydrogens is 427 g/mol. The summed E-state index contributed by atoms with van der Waals surface area (Å²) in [6.07, 6.45) is 2.31. The summed E-state index contributed by atoms with van der Waals surface area (Å²) in [5.74, 6) is 1.94. The zero-order valence-electron chi connectivity index (χ0n) is 15.9. The number of fused-ring (bicyclic) bond motifs is 1. The Kier molecular flexibility index (Phi) is 6.26. The van der Waals surface area contributed by atoms with E-state index in [1.54, 1.807) is 30.3 Å². The van der Waals surface area contributed by atoms with E-state index in [0.29, 0.717) is 48.3 Å². The van der Waals surface area contributed by atoms with Crippen LogP contribution in [-0.4, -0.2) is 24.1 Å². The van der Waals surface area contributed by atoms with E-state index in [2.05, 4.69) is 10.3 Å². The lowest BCUT2D eigenvalue weighted by atomic mass is 10.1. The van der Waals surface area contributed by atoms with Gasteiger partial charge in [0.1, 0.15) is 18.2 Å². The van der Waals surface area contributed by atoms with Crippen LogP contribution in [0.25, 0.3) is 0 Å². The van der Waals surface area contributed by atoms with Crippen molar-refractivity contribution in [2.45, 2.75) is 12.8 Å². The van der Waals surface area contributed by atoms with Crippen molar-refractivity contribution in [3.63, 3.8) is 0 Å². The first kappa shape index (κ1) is 20.3. The Morgan fingerprint density at radius 1 is 1.07 bits per heavy atom. The zero-order valence-corrected chi connectivity index (χ0v) is 17.4. The van der Waals surface area contributed by atoms with E-state index in [-0.39, 0.29) is 16.8 Å². The number of carbonyl (C=O) groups is 1. The molecule has 0 atom stereocenters. The van der Waals surface area contributed by atoms with Gasteiger partial charge >= 0.3 is 0 Å². The van der Waals surface area contributed by atoms with Gasteiger partial charge in [-0.2, -0.15) is 0 Å². The van der Waals surface area contributed by atoms with Crippen molar-refractivity contribution in [1.82, 2.24) is 4.98 Å². The lowest BCUT2D eigenvalue weighted by Gasteiger charge is -2.18. The van der Waals surface area contributed by atoms with Gasteiger partial charge in [-0.1, -0.05) is 41.4 Å². The van der Waals surface area contributed by atoms with E-state index < -0.39 is 0 Å². The minimum absolute atomic E-state index is 0.142. The second-order valence-electron chi connectivity index (χ2n) is 6.56. The number of pyridine rings is 1. The lowest BCUT2D eigenvalue weighted by Crippen LogP contribution is -2.16. The fraction of sp³-hybridized carbons (Fsp3) is 0.182. The molecule has 1 aromatic heterocycles. The van der Waals surface area contributed by atoms with Crippen molar-refractivity contribution in [3.05, 3.63) is 70.3 Å². The molecule has 0 saturated heterocycles. The minimum atomic E-state index is -0.142. The first-order valence-corrected chi connectivity index (χ1v) is 10.1. The highest BCUT2D eigenvalue weighted by atomic mass is 35.5. The van der Waals surface area contributed by atoms with Crippen molar-refractivity contribution in [2.24, 2.45) is 0 Å². The summed E-state index contributed by atoms with van der Waals surface area (Å²) in [7, 11) is 0. The molecule has 0 bridgehead atoms. The van der Waals surface area contributed by atoms with E-state index in [0.717, 1.165) is 11.3 Å². The molecule has 0 unspecified atom stereocenters. The molecule has 30 heavy (non-hydrogen) atoms. The van der Waals surface area contributed by atoms with E-state index in [9.17, 15) is 4.79 Å². The predicted molar refractivity (Wildman–Crippen MR) is 115 cm³/mol. The molecule has 1 amide bonds. The van der Waals surface area contributed by atoms with Crippen LogP contribution in [0.4, 0.5) is 5.69 Å². The molecule has 1 N–H and O–H groups in total. The fourth-order valence-corrected chi connectivity index (χ4v) is 3.37. The third kappa shape index (κ3) is 4.96. The highest BCUT2D eigenvalue weighted by Crippen LogP contribution is 2.34. The molecule has 2 aromatic carbocycles. The largest absolute Gasteiger partial charge is 0.486 e. The van der Waals surface area contributed by atoms with Crippen LogP contribution in [0.3, 0.4) is 0 Å². The first-order valence-electron chi connectivity index (χ1n) is 9.35. The number of anilines is 1. The summed E-state index contributed by atoms with van der Waals surface area (Å²) >= 11 is 12.0. The van der Waals surface area contributed by atoms with Crippen molar-refractivity contribution < 1.29 is 19.0 Å². The smallest absolute Gasteiger partial charge is 0.238 e. The number of hydrogen-bond acceptors (Lipinski definition) is 5. The standard InChI is InChI=1S/C22H18Cl2N2O4/c23-15-12-16(24)22(25-13-15)30-18-4-2-1-3-17(18)26-21(27)8-6-14-5-7-19-20(11-14)29-10-9-28-19/h1-5,7,11-13H,6,8-10H2,(H,26,27). The molecule has 0 saturated carbocycles. The third-order valence-corrected chi connectivity index (χ3v) is 4.87. The van der Waals surface area contributed by atoms with Gasteiger partial charge in [0.15, 0.2) is 17.2 Å². The van der Waals surface area contributed by atoms with Gasteiger partial charge in [0, 0.05) is 12.6 Å². The topological polar surface area (TPSA) is 69.7 Å². The molecule has 2 heterocycles. The molecule has 0 fully saturated rings. The van der Waals surface area contributed by atoms with Crippen LogP contribution in [0.15, 0.2) is 54.7 Å². The highest BCUT2D eigenvalue weighted by molar-refractivity contribution is 6.35. The lowest BCUT2D eigenvalue weighted by molar-refractivity contribution is -0.116. The maximum atomic E-state index is 12.5. The second-order valence-corrected chi connectivity index (χ2v) is 7.41. The van der Waals surface area contributed by atoms with Crippen molar-refractivity contribution in [1.29, 1.82) is 0 Å². The Labute approximate surface area is 183 Å². The van der Waals surface area contributed by atoms with Crippen LogP contribution >= 0.6 is 23.2 Å². The van der Waals surface area contributed by atoms with Gasteiger partial charge in [0.05, 0.1) is 10.7 Å². The average molecular weight is 445 g/mol. The molecule has 6 nitrogen and oxygen atoms in total. The third-order valence-electron chi connectivity index (χ3n) is 4.39. The number of nitrogens with zero attached hydrogens (tertiary/aromatic N) is 1. The maximum Gasteiger partial charge on any atom is 0.238 e. The van der Waals surface area contributed by atoms with Gasteiger partial charge in [-0.3, -0.25) is 4.79 Å². The fourth-order valence-electron chi connectivity index (χ4n) is 2.95. The zero-order chi connectivity index (χ0) is 20.9. The minimum Gasteiger partial charge on any atom is -0.486 e. The molecule has 3 aromatic rings. The van der Waals surface area contributed by atoms with Crippen molar-refractivity contribution in [2.75, 3.05) is 18.5 Å². The van der Waals surface area contributed by atoms with Gasteiger partial charge in [0.25, 0.3) is 0 Å². The molecule has 1 aliphatic heterocycles. The van der Waals surface area contributed by atoms with Crippen LogP contribution < -0.4 is 19.5 Å². The molecule has 0 aliphatic carbocycles. The Hall–Kier alpha value is -2.96. The average Bonchev–Trinajstić information content (AvgIpc) is 2.75. The van der Waals surface area contributed by atoms with Crippen LogP contribution in [-0.2, 0) is 11.2 Å². The maximum absolute atomic E-state index is 12.5. The van der Waals surface area contributed by atoms with Crippen LogP contribution in [0, 0.1) is 0 Å². The van der Waals surface area contributed by atoms with E-state index >= 15 is 0 Å². The van der Waals surface area contributed by atoms with Gasteiger partial charge in [-0.05, 0) is 42.3 Å². The molecule has 154 valence electrons. The SMILES string of the molecule is O=C(CCc1ccc2c(c1)OCCO2)Nc1ccccc1Oc1ncc(Cl)cc1Cl. The van der Waals surface area contributed by atoms with Gasteiger partial charge < -0.3 is 19.5 Å². The molecule has 0 radical (unpaired) electrons. The number of aromatic nitrogens is 1. The van der Waals surface area contributed by atoms with E-state index in [4.69, 9.17) is 37.4 Å². The number of carbonyl (C=O) groups excluding carboxylic acids is 1. The van der Waals surface area contributed by atoms with Gasteiger partial charge in [-0.25, -0.2) is 4.98 Å². The van der Waals surface area contributed by atoms with Crippen molar-refractivity contribution >= 4 is 34.8 Å². The Morgan fingerprint density at radius 2 is 1.87 bits per heavy atom. The number of ether oxygens (including phenoxy) is 3. The molecule has 1 aliphatic rings. The number of amides is 1. The summed E-state index contributed by atoms with van der Waals surface area (Å²) in [5.41, 5.74) is 1.52. The number of benzene rings is 2. The second kappa shape index (κ2) is 9.24. The molecule has 8 heteroatoms. The Balaban J connectivity index is 1.40. The number of halogens is 2. The molecule has 0 spiro atoms. The van der Waals surface area contributed by atoms with E-state index in [1.807, 2.05) is 18.2 Å². The molecule has 4 rings (SSSR count). The Morgan fingerprint density at radius 3 is 2.70 bits per heavy atom. The number of aryl methyl sites for hydroxylation is 1. The summed E-state index contributed by atoms with van der Waals surface area (Å²) in [6, 6.07) is 14.3. The predicted octanol–water partition coefficient (Wildman–Crippen LogP) is 5.52. The number of hydrogen-bond donors (Lipinski definition) is 1. The summed E-state index contributed by atoms with van der Waals surface area (Å²) in [6.45, 7) is 1.08. The first-order chi connectivity index (χ1) is 14.6. The number of para-hydroxylation sites is 2. The van der Waals surface area contributed by atoms with Crippen LogP contribution in [0.5, 0.6) is 23.1 Å². The number of nitrogens with one attached hydrogen (secondary N) is 1. The van der Waals surface area contributed by atoms with Crippen LogP contribution in [0.2, 0.25) is 10.0 Å². The summed E-state index contributed by atoms with van der Waals surface area (Å²) in [4.78, 5) is 16.6. The monoisotopic (exact) mass is 444 g/mol.